The van der Waals surface area contributed by atoms with Crippen LogP contribution in [0.15, 0.2) is 12.3 Å². The molecule has 0 amide bonds. The van der Waals surface area contributed by atoms with Crippen molar-refractivity contribution in [3.05, 3.63) is 23.4 Å². The summed E-state index contributed by atoms with van der Waals surface area (Å²) in [5.41, 5.74) is -1.02. The molecule has 16 heavy (non-hydrogen) atoms. The van der Waals surface area contributed by atoms with Gasteiger partial charge in [-0.15, -0.1) is 0 Å². The summed E-state index contributed by atoms with van der Waals surface area (Å²) in [6, 6.07) is 0.780. The van der Waals surface area contributed by atoms with Crippen molar-refractivity contribution in [2.24, 2.45) is 0 Å². The maximum absolute atomic E-state index is 12.3. The molecule has 0 aromatic carbocycles. The third-order valence-electron chi connectivity index (χ3n) is 1.64. The Hall–Kier alpha value is -2.03. The summed E-state index contributed by atoms with van der Waals surface area (Å²) in [5, 5.41) is 0. The van der Waals surface area contributed by atoms with Crippen molar-refractivity contribution in [2.45, 2.75) is 6.18 Å². The lowest BCUT2D eigenvalue weighted by Crippen LogP contribution is -2.06. The van der Waals surface area contributed by atoms with Crippen LogP contribution >= 0.6 is 0 Å². The van der Waals surface area contributed by atoms with Crippen LogP contribution in [-0.2, 0) is 11.0 Å². The van der Waals surface area contributed by atoms with E-state index in [4.69, 9.17) is 4.74 Å². The number of carbonyl (C=O) groups is 1. The Bertz CT molecular complexity index is 457. The van der Waals surface area contributed by atoms with Crippen LogP contribution in [0.2, 0.25) is 0 Å². The smallest absolute Gasteiger partial charge is 0.417 e. The van der Waals surface area contributed by atoms with Gasteiger partial charge in [-0.3, -0.25) is 4.79 Å². The molecular formula is C10H6F3NO2. The van der Waals surface area contributed by atoms with E-state index < -0.39 is 11.7 Å². The van der Waals surface area contributed by atoms with E-state index in [1.807, 2.05) is 5.92 Å². The Labute approximate surface area is 89.2 Å². The van der Waals surface area contributed by atoms with Crippen LogP contribution < -0.4 is 4.74 Å². The summed E-state index contributed by atoms with van der Waals surface area (Å²) < 4.78 is 41.7. The third kappa shape index (κ3) is 2.73. The topological polar surface area (TPSA) is 39.2 Å². The molecule has 0 atom stereocenters. The highest BCUT2D eigenvalue weighted by Crippen LogP contribution is 2.30. The lowest BCUT2D eigenvalue weighted by molar-refractivity contribution is -0.137. The van der Waals surface area contributed by atoms with Gasteiger partial charge >= 0.3 is 6.18 Å². The van der Waals surface area contributed by atoms with E-state index in [0.29, 0.717) is 6.20 Å². The van der Waals surface area contributed by atoms with Crippen molar-refractivity contribution in [3.63, 3.8) is 0 Å². The Balaban J connectivity index is 3.26. The fourth-order valence-corrected chi connectivity index (χ4v) is 0.967. The molecular weight excluding hydrogens is 223 g/mol. The fourth-order valence-electron chi connectivity index (χ4n) is 0.967. The van der Waals surface area contributed by atoms with Gasteiger partial charge in [-0.25, -0.2) is 4.98 Å². The summed E-state index contributed by atoms with van der Waals surface area (Å²) in [6.07, 6.45) is -3.58. The maximum Gasteiger partial charge on any atom is 0.417 e. The number of rotatable bonds is 1. The van der Waals surface area contributed by atoms with E-state index in [1.54, 1.807) is 0 Å². The number of alkyl halides is 3. The Morgan fingerprint density at radius 1 is 1.50 bits per heavy atom. The van der Waals surface area contributed by atoms with Gasteiger partial charge in [0.2, 0.25) is 5.88 Å². The van der Waals surface area contributed by atoms with Gasteiger partial charge < -0.3 is 4.74 Å². The molecule has 0 aliphatic carbocycles. The predicted octanol–water partition coefficient (Wildman–Crippen LogP) is 1.66. The first-order chi connectivity index (χ1) is 7.49. The van der Waals surface area contributed by atoms with E-state index in [-0.39, 0.29) is 17.7 Å². The molecule has 0 unspecified atom stereocenters. The van der Waals surface area contributed by atoms with Gasteiger partial charge in [0, 0.05) is 6.20 Å². The second-order valence-corrected chi connectivity index (χ2v) is 2.67. The monoisotopic (exact) mass is 229 g/mol. The van der Waals surface area contributed by atoms with Crippen molar-refractivity contribution in [1.29, 1.82) is 0 Å². The zero-order valence-electron chi connectivity index (χ0n) is 8.13. The first-order valence-electron chi connectivity index (χ1n) is 4.05. The number of hydrogen-bond acceptors (Lipinski definition) is 3. The highest BCUT2D eigenvalue weighted by atomic mass is 19.4. The van der Waals surface area contributed by atoms with Crippen molar-refractivity contribution in [2.75, 3.05) is 7.11 Å². The molecule has 1 aromatic rings. The summed E-state index contributed by atoms with van der Waals surface area (Å²) in [5.74, 6) is 4.17. The highest BCUT2D eigenvalue weighted by Gasteiger charge is 2.31. The fraction of sp³-hybridized carbons (Fsp3) is 0.200. The average Bonchev–Trinajstić information content (AvgIpc) is 2.24. The molecule has 1 rings (SSSR count). The SMILES string of the molecule is COc1ncc(C(F)(F)F)cc1C#CC=O. The highest BCUT2D eigenvalue weighted by molar-refractivity contribution is 5.74. The van der Waals surface area contributed by atoms with Crippen LogP contribution in [0.4, 0.5) is 13.2 Å². The first kappa shape index (κ1) is 12.0. The number of aromatic nitrogens is 1. The van der Waals surface area contributed by atoms with Crippen molar-refractivity contribution < 1.29 is 22.7 Å². The van der Waals surface area contributed by atoms with Gasteiger partial charge in [0.25, 0.3) is 0 Å². The van der Waals surface area contributed by atoms with Crippen LogP contribution in [0.1, 0.15) is 11.1 Å². The Kier molecular flexibility index (Phi) is 3.51. The van der Waals surface area contributed by atoms with Gasteiger partial charge in [-0.05, 0) is 12.0 Å². The van der Waals surface area contributed by atoms with E-state index in [1.165, 1.54) is 7.11 Å². The molecule has 0 aliphatic heterocycles. The van der Waals surface area contributed by atoms with Crippen LogP contribution in [0.3, 0.4) is 0 Å². The molecule has 1 heterocycles. The molecule has 0 fully saturated rings. The normalized spacial score (nSPS) is 10.2. The number of methoxy groups -OCH3 is 1. The Morgan fingerprint density at radius 2 is 2.19 bits per heavy atom. The number of pyridine rings is 1. The van der Waals surface area contributed by atoms with Gasteiger partial charge in [0.15, 0.2) is 6.29 Å². The van der Waals surface area contributed by atoms with Gasteiger partial charge in [-0.1, -0.05) is 5.92 Å². The van der Waals surface area contributed by atoms with Gasteiger partial charge in [-0.2, -0.15) is 13.2 Å². The van der Waals surface area contributed by atoms with Gasteiger partial charge in [0.05, 0.1) is 18.2 Å². The van der Waals surface area contributed by atoms with Crippen molar-refractivity contribution in [3.8, 4) is 17.7 Å². The maximum atomic E-state index is 12.3. The quantitative estimate of drug-likeness (QED) is 0.543. The first-order valence-corrected chi connectivity index (χ1v) is 4.05. The minimum atomic E-state index is -4.50. The van der Waals surface area contributed by atoms with Crippen molar-refractivity contribution >= 4 is 6.29 Å². The minimum absolute atomic E-state index is 0.0534. The van der Waals surface area contributed by atoms with Gasteiger partial charge in [0.1, 0.15) is 0 Å². The molecule has 6 heteroatoms. The molecule has 0 saturated heterocycles. The summed E-state index contributed by atoms with van der Waals surface area (Å²) >= 11 is 0. The van der Waals surface area contributed by atoms with E-state index in [0.717, 1.165) is 6.07 Å². The molecule has 0 spiro atoms. The molecule has 1 aromatic heterocycles. The van der Waals surface area contributed by atoms with Crippen LogP contribution in [0.5, 0.6) is 5.88 Å². The molecule has 0 N–H and O–H groups in total. The van der Waals surface area contributed by atoms with E-state index in [9.17, 15) is 18.0 Å². The van der Waals surface area contributed by atoms with Crippen LogP contribution in [0.25, 0.3) is 0 Å². The molecule has 0 radical (unpaired) electrons. The number of ether oxygens (including phenoxy) is 1. The number of aldehydes is 1. The zero-order valence-corrected chi connectivity index (χ0v) is 8.13. The molecule has 84 valence electrons. The second-order valence-electron chi connectivity index (χ2n) is 2.67. The average molecular weight is 229 g/mol. The summed E-state index contributed by atoms with van der Waals surface area (Å²) in [7, 11) is 1.25. The summed E-state index contributed by atoms with van der Waals surface area (Å²) in [4.78, 5) is 13.5. The van der Waals surface area contributed by atoms with Crippen LogP contribution in [0, 0.1) is 11.8 Å². The largest absolute Gasteiger partial charge is 0.480 e. The number of carbonyl (C=O) groups excluding carboxylic acids is 1. The molecule has 0 bridgehead atoms. The third-order valence-corrected chi connectivity index (χ3v) is 1.64. The molecule has 0 aliphatic rings. The predicted molar refractivity (Wildman–Crippen MR) is 48.7 cm³/mol. The molecule has 0 saturated carbocycles. The molecule has 3 nitrogen and oxygen atoms in total. The number of nitrogens with zero attached hydrogens (tertiary/aromatic N) is 1. The lowest BCUT2D eigenvalue weighted by atomic mass is 10.2. The van der Waals surface area contributed by atoms with Crippen molar-refractivity contribution in [1.82, 2.24) is 4.98 Å². The second kappa shape index (κ2) is 4.66. The summed E-state index contributed by atoms with van der Waals surface area (Å²) in [6.45, 7) is 0. The standard InChI is InChI=1S/C10H6F3NO2/c1-16-9-7(3-2-4-15)5-8(6-14-9)10(11,12)13/h4-6H,1H3. The minimum Gasteiger partial charge on any atom is -0.480 e. The van der Waals surface area contributed by atoms with Crippen LogP contribution in [-0.4, -0.2) is 18.4 Å². The van der Waals surface area contributed by atoms with E-state index in [2.05, 4.69) is 10.9 Å². The number of hydrogen-bond donors (Lipinski definition) is 0. The lowest BCUT2D eigenvalue weighted by Gasteiger charge is -2.08. The Morgan fingerprint density at radius 3 is 2.69 bits per heavy atom. The van der Waals surface area contributed by atoms with E-state index >= 15 is 0 Å². The zero-order chi connectivity index (χ0) is 12.2. The number of halogens is 3.